The highest BCUT2D eigenvalue weighted by atomic mass is 32.2. The van der Waals surface area contributed by atoms with Gasteiger partial charge in [-0.25, -0.2) is 0 Å². The number of aryl methyl sites for hydroxylation is 2. The van der Waals surface area contributed by atoms with Crippen LogP contribution in [0.25, 0.3) is 6.08 Å². The van der Waals surface area contributed by atoms with Crippen LogP contribution in [0.15, 0.2) is 58.1 Å². The first-order valence-electron chi connectivity index (χ1n) is 11.7. The minimum atomic E-state index is -0.421. The van der Waals surface area contributed by atoms with Crippen molar-refractivity contribution in [3.8, 4) is 11.5 Å². The molecule has 1 fully saturated rings. The zero-order valence-electron chi connectivity index (χ0n) is 19.8. The smallest absolute Gasteiger partial charge is 0.283 e. The summed E-state index contributed by atoms with van der Waals surface area (Å²) in [6, 6.07) is 13.5. The lowest BCUT2D eigenvalue weighted by atomic mass is 10.1. The van der Waals surface area contributed by atoms with E-state index in [0.29, 0.717) is 24.1 Å². The van der Waals surface area contributed by atoms with Crippen molar-refractivity contribution in [3.63, 3.8) is 0 Å². The molecular formula is C26H27N5O3S. The molecule has 0 bridgehead atoms. The summed E-state index contributed by atoms with van der Waals surface area (Å²) < 4.78 is 11.6. The number of hydrogen-bond acceptors (Lipinski definition) is 7. The highest BCUT2D eigenvalue weighted by Gasteiger charge is 2.37. The molecule has 8 nitrogen and oxygen atoms in total. The topological polar surface area (TPSA) is 90.6 Å². The van der Waals surface area contributed by atoms with Crippen molar-refractivity contribution >= 4 is 39.9 Å². The number of rotatable bonds is 6. The zero-order valence-corrected chi connectivity index (χ0v) is 20.6. The Bertz CT molecular complexity index is 1250. The Morgan fingerprint density at radius 3 is 2.51 bits per heavy atom. The standard InChI is InChI=1S/C26H27N5O3S/c1-17-5-10-22(18(2)15-17)34-14-13-33-20-8-6-19(7-9-20)16-21-23(27)31-25(28-24(21)32)35-26(29-31)30-11-3-4-12-30/h5-10,15-16,27H,3-4,11-14H2,1-2H3/b21-16+,27-23?. The quantitative estimate of drug-likeness (QED) is 0.477. The molecule has 5 rings (SSSR count). The molecule has 2 aromatic carbocycles. The van der Waals surface area contributed by atoms with Gasteiger partial charge >= 0.3 is 0 Å². The highest BCUT2D eigenvalue weighted by Crippen LogP contribution is 2.31. The Morgan fingerprint density at radius 2 is 1.77 bits per heavy atom. The number of hydrazone groups is 1. The summed E-state index contributed by atoms with van der Waals surface area (Å²) in [7, 11) is 0. The summed E-state index contributed by atoms with van der Waals surface area (Å²) in [4.78, 5) is 19.0. The molecule has 0 unspecified atom stereocenters. The molecule has 1 amide bonds. The van der Waals surface area contributed by atoms with Crippen molar-refractivity contribution < 1.29 is 14.3 Å². The van der Waals surface area contributed by atoms with Crippen molar-refractivity contribution in [2.75, 3.05) is 26.3 Å². The predicted octanol–water partition coefficient (Wildman–Crippen LogP) is 4.43. The third kappa shape index (κ3) is 5.09. The Morgan fingerprint density at radius 1 is 1.03 bits per heavy atom. The minimum Gasteiger partial charge on any atom is -0.490 e. The molecule has 0 atom stereocenters. The third-order valence-corrected chi connectivity index (χ3v) is 6.92. The van der Waals surface area contributed by atoms with E-state index >= 15 is 0 Å². The van der Waals surface area contributed by atoms with Gasteiger partial charge in [0.15, 0.2) is 11.0 Å². The SMILES string of the molecule is Cc1ccc(OCCOc2ccc(/C=C3\C(=N)N4N=C(N5CCCC5)SC4=NC3=O)cc2)c(C)c1. The van der Waals surface area contributed by atoms with Gasteiger partial charge in [0.2, 0.25) is 5.17 Å². The fourth-order valence-corrected chi connectivity index (χ4v) is 5.06. The summed E-state index contributed by atoms with van der Waals surface area (Å²) >= 11 is 1.36. The van der Waals surface area contributed by atoms with Crippen molar-refractivity contribution in [2.45, 2.75) is 26.7 Å². The lowest BCUT2D eigenvalue weighted by Gasteiger charge is -2.20. The highest BCUT2D eigenvalue weighted by molar-refractivity contribution is 8.26. The summed E-state index contributed by atoms with van der Waals surface area (Å²) in [5.74, 6) is 1.19. The minimum absolute atomic E-state index is 0.0468. The van der Waals surface area contributed by atoms with E-state index in [1.807, 2.05) is 43.3 Å². The van der Waals surface area contributed by atoms with Crippen LogP contribution in [0.2, 0.25) is 0 Å². The van der Waals surface area contributed by atoms with Crippen molar-refractivity contribution in [3.05, 3.63) is 64.7 Å². The van der Waals surface area contributed by atoms with Crippen molar-refractivity contribution in [2.24, 2.45) is 10.1 Å². The molecule has 2 aromatic rings. The maximum Gasteiger partial charge on any atom is 0.283 e. The van der Waals surface area contributed by atoms with E-state index in [0.717, 1.165) is 48.0 Å². The van der Waals surface area contributed by atoms with Gasteiger partial charge in [-0.05, 0) is 73.9 Å². The molecule has 9 heteroatoms. The first-order valence-corrected chi connectivity index (χ1v) is 12.5. The summed E-state index contributed by atoms with van der Waals surface area (Å²) in [6.45, 7) is 6.84. The number of thioether (sulfide) groups is 1. The molecule has 0 aliphatic carbocycles. The molecule has 0 radical (unpaired) electrons. The maximum atomic E-state index is 12.6. The second-order valence-corrected chi connectivity index (χ2v) is 9.57. The van der Waals surface area contributed by atoms with Crippen LogP contribution in [0.5, 0.6) is 11.5 Å². The van der Waals surface area contributed by atoms with Gasteiger partial charge in [0.25, 0.3) is 5.91 Å². The second kappa shape index (κ2) is 9.95. The van der Waals surface area contributed by atoms with E-state index in [1.165, 1.54) is 22.3 Å². The number of amides is 1. The average Bonchev–Trinajstić information content (AvgIpc) is 3.52. The Hall–Kier alpha value is -3.59. The fraction of sp³-hybridized carbons (Fsp3) is 0.308. The van der Waals surface area contributed by atoms with Gasteiger partial charge in [-0.1, -0.05) is 29.8 Å². The Labute approximate surface area is 208 Å². The number of aliphatic imine (C=N–C) groups is 1. The number of carbonyl (C=O) groups excluding carboxylic acids is 1. The largest absolute Gasteiger partial charge is 0.490 e. The van der Waals surface area contributed by atoms with Crippen LogP contribution >= 0.6 is 11.8 Å². The molecule has 1 N–H and O–H groups in total. The lowest BCUT2D eigenvalue weighted by molar-refractivity contribution is -0.114. The zero-order chi connectivity index (χ0) is 24.4. The van der Waals surface area contributed by atoms with Crippen molar-refractivity contribution in [1.29, 1.82) is 5.41 Å². The van der Waals surface area contributed by atoms with Gasteiger partial charge in [0.1, 0.15) is 24.7 Å². The number of carbonyl (C=O) groups is 1. The van der Waals surface area contributed by atoms with E-state index in [1.54, 1.807) is 6.08 Å². The number of amidine groups is 3. The number of nitrogens with zero attached hydrogens (tertiary/aromatic N) is 4. The maximum absolute atomic E-state index is 12.6. The van der Waals surface area contributed by atoms with Crippen LogP contribution in [-0.4, -0.2) is 58.3 Å². The number of benzene rings is 2. The van der Waals surface area contributed by atoms with Gasteiger partial charge in [0, 0.05) is 13.1 Å². The monoisotopic (exact) mass is 489 g/mol. The molecule has 0 aromatic heterocycles. The van der Waals surface area contributed by atoms with E-state index in [4.69, 9.17) is 14.9 Å². The summed E-state index contributed by atoms with van der Waals surface area (Å²) in [5.41, 5.74) is 3.31. The van der Waals surface area contributed by atoms with Crippen LogP contribution in [0.4, 0.5) is 0 Å². The van der Waals surface area contributed by atoms with E-state index < -0.39 is 5.91 Å². The van der Waals surface area contributed by atoms with E-state index in [9.17, 15) is 4.79 Å². The van der Waals surface area contributed by atoms with Crippen LogP contribution in [0.3, 0.4) is 0 Å². The lowest BCUT2D eigenvalue weighted by Crippen LogP contribution is -2.35. The molecule has 0 saturated carbocycles. The fourth-order valence-electron chi connectivity index (χ4n) is 4.12. The molecule has 1 saturated heterocycles. The third-order valence-electron chi connectivity index (χ3n) is 5.95. The number of ether oxygens (including phenoxy) is 2. The number of nitrogens with one attached hydrogen (secondary N) is 1. The molecule has 180 valence electrons. The molecule has 3 aliphatic rings. The average molecular weight is 490 g/mol. The second-order valence-electron chi connectivity index (χ2n) is 8.63. The normalized spacial score (nSPS) is 18.6. The first-order chi connectivity index (χ1) is 17.0. The predicted molar refractivity (Wildman–Crippen MR) is 139 cm³/mol. The first kappa shape index (κ1) is 23.2. The van der Waals surface area contributed by atoms with Crippen LogP contribution in [-0.2, 0) is 4.79 Å². The van der Waals surface area contributed by atoms with Crippen LogP contribution < -0.4 is 9.47 Å². The number of hydrogen-bond donors (Lipinski definition) is 1. The number of likely N-dealkylation sites (tertiary alicyclic amines) is 1. The molecule has 35 heavy (non-hydrogen) atoms. The molecule has 3 heterocycles. The van der Waals surface area contributed by atoms with Gasteiger partial charge in [-0.15, -0.1) is 5.10 Å². The van der Waals surface area contributed by atoms with Crippen molar-refractivity contribution in [1.82, 2.24) is 9.91 Å². The van der Waals surface area contributed by atoms with E-state index in [-0.39, 0.29) is 11.4 Å². The van der Waals surface area contributed by atoms with Crippen LogP contribution in [0, 0.1) is 19.3 Å². The van der Waals surface area contributed by atoms with Gasteiger partial charge in [-0.2, -0.15) is 10.0 Å². The van der Waals surface area contributed by atoms with Gasteiger partial charge < -0.3 is 14.4 Å². The Kier molecular flexibility index (Phi) is 6.59. The van der Waals surface area contributed by atoms with E-state index in [2.05, 4.69) is 28.0 Å². The Balaban J connectivity index is 1.19. The van der Waals surface area contributed by atoms with Crippen LogP contribution in [0.1, 0.15) is 29.5 Å². The number of fused-ring (bicyclic) bond motifs is 1. The molecule has 3 aliphatic heterocycles. The summed E-state index contributed by atoms with van der Waals surface area (Å²) in [6.07, 6.45) is 3.94. The molecule has 0 spiro atoms. The van der Waals surface area contributed by atoms with Gasteiger partial charge in [0.05, 0.1) is 5.57 Å². The summed E-state index contributed by atoms with van der Waals surface area (Å²) in [5, 5.41) is 15.8. The van der Waals surface area contributed by atoms with Gasteiger partial charge in [-0.3, -0.25) is 10.2 Å². The molecular weight excluding hydrogens is 462 g/mol.